The fourth-order valence-electron chi connectivity index (χ4n) is 1.72. The number of nitrogens with zero attached hydrogens (tertiary/aromatic N) is 1. The molecule has 2 N–H and O–H groups in total. The van der Waals surface area contributed by atoms with Crippen LogP contribution in [0.15, 0.2) is 42.6 Å². The predicted octanol–water partition coefficient (Wildman–Crippen LogP) is 3.46. The molecule has 1 heterocycles. The summed E-state index contributed by atoms with van der Waals surface area (Å²) in [6.07, 6.45) is 1.71. The van der Waals surface area contributed by atoms with Crippen LogP contribution in [0.25, 0.3) is 0 Å². The zero-order valence-corrected chi connectivity index (χ0v) is 10.8. The second kappa shape index (κ2) is 5.65. The minimum absolute atomic E-state index is 0.424. The molecule has 2 aromatic rings. The van der Waals surface area contributed by atoms with E-state index in [1.165, 1.54) is 5.56 Å². The molecule has 94 valence electrons. The highest BCUT2D eigenvalue weighted by atomic mass is 16.5. The molecule has 3 heteroatoms. The maximum absolute atomic E-state index is 5.80. The van der Waals surface area contributed by atoms with Crippen molar-refractivity contribution in [3.05, 3.63) is 53.7 Å². The van der Waals surface area contributed by atoms with Crippen LogP contribution in [0, 0.1) is 0 Å². The van der Waals surface area contributed by atoms with Crippen molar-refractivity contribution in [1.82, 2.24) is 4.98 Å². The Morgan fingerprint density at radius 3 is 2.78 bits per heavy atom. The summed E-state index contributed by atoms with van der Waals surface area (Å²) in [7, 11) is 0. The van der Waals surface area contributed by atoms with Gasteiger partial charge in [-0.25, -0.2) is 4.98 Å². The fraction of sp³-hybridized carbons (Fsp3) is 0.267. The van der Waals surface area contributed by atoms with E-state index in [9.17, 15) is 0 Å². The molecular weight excluding hydrogens is 224 g/mol. The fourth-order valence-corrected chi connectivity index (χ4v) is 1.72. The number of nitrogens with two attached hydrogens (primary N) is 1. The molecule has 0 unspecified atom stereocenters. The van der Waals surface area contributed by atoms with Crippen molar-refractivity contribution in [3.63, 3.8) is 0 Å². The van der Waals surface area contributed by atoms with Gasteiger partial charge in [-0.2, -0.15) is 0 Å². The van der Waals surface area contributed by atoms with E-state index in [1.807, 2.05) is 30.3 Å². The van der Waals surface area contributed by atoms with Gasteiger partial charge >= 0.3 is 0 Å². The quantitative estimate of drug-likeness (QED) is 0.893. The van der Waals surface area contributed by atoms with Crippen molar-refractivity contribution in [2.24, 2.45) is 5.73 Å². The van der Waals surface area contributed by atoms with E-state index in [-0.39, 0.29) is 0 Å². The largest absolute Gasteiger partial charge is 0.439 e. The molecule has 0 radical (unpaired) electrons. The molecule has 0 fully saturated rings. The molecule has 18 heavy (non-hydrogen) atoms. The third kappa shape index (κ3) is 2.87. The minimum atomic E-state index is 0.424. The number of pyridine rings is 1. The third-order valence-electron chi connectivity index (χ3n) is 2.81. The molecule has 1 aromatic carbocycles. The molecule has 0 aliphatic carbocycles. The number of rotatable bonds is 4. The molecule has 0 saturated carbocycles. The van der Waals surface area contributed by atoms with Crippen molar-refractivity contribution < 1.29 is 4.74 Å². The first-order valence-corrected chi connectivity index (χ1v) is 6.12. The molecule has 2 rings (SSSR count). The van der Waals surface area contributed by atoms with Gasteiger partial charge in [-0.05, 0) is 29.7 Å². The summed E-state index contributed by atoms with van der Waals surface area (Å²) in [6, 6.07) is 11.9. The topological polar surface area (TPSA) is 48.1 Å². The highest BCUT2D eigenvalue weighted by molar-refractivity contribution is 5.35. The first-order chi connectivity index (χ1) is 8.70. The van der Waals surface area contributed by atoms with Crippen LogP contribution < -0.4 is 10.5 Å². The second-order valence-corrected chi connectivity index (χ2v) is 4.50. The Hall–Kier alpha value is -1.87. The molecule has 0 bridgehead atoms. The SMILES string of the molecule is CC(C)c1cccc(Oc2ncccc2CN)c1. The van der Waals surface area contributed by atoms with Gasteiger partial charge in [-0.3, -0.25) is 0 Å². The van der Waals surface area contributed by atoms with Crippen LogP contribution in [-0.2, 0) is 6.54 Å². The summed E-state index contributed by atoms with van der Waals surface area (Å²) in [5, 5.41) is 0. The van der Waals surface area contributed by atoms with Gasteiger partial charge in [0.2, 0.25) is 5.88 Å². The Balaban J connectivity index is 2.25. The molecule has 0 atom stereocenters. The highest BCUT2D eigenvalue weighted by Crippen LogP contribution is 2.25. The van der Waals surface area contributed by atoms with Gasteiger partial charge < -0.3 is 10.5 Å². The lowest BCUT2D eigenvalue weighted by molar-refractivity contribution is 0.455. The molecular formula is C15H18N2O. The van der Waals surface area contributed by atoms with Gasteiger partial charge in [0.1, 0.15) is 5.75 Å². The molecule has 0 aliphatic rings. The average molecular weight is 242 g/mol. The number of aromatic nitrogens is 1. The van der Waals surface area contributed by atoms with Gasteiger partial charge in [0.25, 0.3) is 0 Å². The van der Waals surface area contributed by atoms with Crippen LogP contribution in [0.4, 0.5) is 0 Å². The van der Waals surface area contributed by atoms with Crippen molar-refractivity contribution in [3.8, 4) is 11.6 Å². The Labute approximate surface area is 108 Å². The Kier molecular flexibility index (Phi) is 3.95. The van der Waals surface area contributed by atoms with Crippen molar-refractivity contribution in [2.75, 3.05) is 0 Å². The van der Waals surface area contributed by atoms with E-state index in [0.29, 0.717) is 18.3 Å². The number of ether oxygens (including phenoxy) is 1. The number of benzene rings is 1. The maximum Gasteiger partial charge on any atom is 0.223 e. The lowest BCUT2D eigenvalue weighted by atomic mass is 10.0. The molecule has 1 aromatic heterocycles. The first-order valence-electron chi connectivity index (χ1n) is 6.12. The van der Waals surface area contributed by atoms with Gasteiger partial charge in [0, 0.05) is 18.3 Å². The van der Waals surface area contributed by atoms with Crippen LogP contribution >= 0.6 is 0 Å². The van der Waals surface area contributed by atoms with Crippen LogP contribution in [0.5, 0.6) is 11.6 Å². The minimum Gasteiger partial charge on any atom is -0.439 e. The zero-order chi connectivity index (χ0) is 13.0. The number of hydrogen-bond acceptors (Lipinski definition) is 3. The second-order valence-electron chi connectivity index (χ2n) is 4.50. The van der Waals surface area contributed by atoms with Crippen molar-refractivity contribution in [1.29, 1.82) is 0 Å². The zero-order valence-electron chi connectivity index (χ0n) is 10.8. The van der Waals surface area contributed by atoms with Crippen LogP contribution in [0.2, 0.25) is 0 Å². The summed E-state index contributed by atoms with van der Waals surface area (Å²) < 4.78 is 5.80. The maximum atomic E-state index is 5.80. The van der Waals surface area contributed by atoms with E-state index in [2.05, 4.69) is 24.9 Å². The van der Waals surface area contributed by atoms with E-state index in [1.54, 1.807) is 6.20 Å². The summed E-state index contributed by atoms with van der Waals surface area (Å²) in [5.74, 6) is 1.86. The smallest absolute Gasteiger partial charge is 0.223 e. The Bertz CT molecular complexity index is 523. The van der Waals surface area contributed by atoms with Gasteiger partial charge in [-0.15, -0.1) is 0 Å². The van der Waals surface area contributed by atoms with Gasteiger partial charge in [0.05, 0.1) is 0 Å². The van der Waals surface area contributed by atoms with Crippen LogP contribution in [0.1, 0.15) is 30.9 Å². The van der Waals surface area contributed by atoms with Gasteiger partial charge in [-0.1, -0.05) is 32.0 Å². The first kappa shape index (κ1) is 12.6. The molecule has 0 aliphatic heterocycles. The predicted molar refractivity (Wildman–Crippen MR) is 72.7 cm³/mol. The Morgan fingerprint density at radius 1 is 1.22 bits per heavy atom. The number of hydrogen-bond donors (Lipinski definition) is 1. The normalized spacial score (nSPS) is 10.7. The van der Waals surface area contributed by atoms with E-state index < -0.39 is 0 Å². The third-order valence-corrected chi connectivity index (χ3v) is 2.81. The standard InChI is InChI=1S/C15H18N2O/c1-11(2)12-5-3-7-14(9-12)18-15-13(10-16)6-4-8-17-15/h3-9,11H,10,16H2,1-2H3. The average Bonchev–Trinajstić information content (AvgIpc) is 2.39. The molecule has 0 saturated heterocycles. The van der Waals surface area contributed by atoms with Crippen molar-refractivity contribution >= 4 is 0 Å². The monoisotopic (exact) mass is 242 g/mol. The van der Waals surface area contributed by atoms with Gasteiger partial charge in [0.15, 0.2) is 0 Å². The summed E-state index contributed by atoms with van der Waals surface area (Å²) >= 11 is 0. The molecule has 3 nitrogen and oxygen atoms in total. The lowest BCUT2D eigenvalue weighted by Gasteiger charge is -2.11. The van der Waals surface area contributed by atoms with E-state index >= 15 is 0 Å². The Morgan fingerprint density at radius 2 is 2.06 bits per heavy atom. The lowest BCUT2D eigenvalue weighted by Crippen LogP contribution is -2.01. The summed E-state index contributed by atoms with van der Waals surface area (Å²) in [4.78, 5) is 4.22. The van der Waals surface area contributed by atoms with E-state index in [4.69, 9.17) is 10.5 Å². The molecule has 0 amide bonds. The van der Waals surface area contributed by atoms with Crippen molar-refractivity contribution in [2.45, 2.75) is 26.3 Å². The molecule has 0 spiro atoms. The van der Waals surface area contributed by atoms with E-state index in [0.717, 1.165) is 11.3 Å². The highest BCUT2D eigenvalue weighted by Gasteiger charge is 2.06. The summed E-state index contributed by atoms with van der Waals surface area (Å²) in [5.41, 5.74) is 7.82. The van der Waals surface area contributed by atoms with Crippen LogP contribution in [0.3, 0.4) is 0 Å². The van der Waals surface area contributed by atoms with Crippen LogP contribution in [-0.4, -0.2) is 4.98 Å². The summed E-state index contributed by atoms with van der Waals surface area (Å²) in [6.45, 7) is 4.74.